The highest BCUT2D eigenvalue weighted by Crippen LogP contribution is 2.19. The maximum Gasteiger partial charge on any atom is 0.306 e. The van der Waals surface area contributed by atoms with Crippen LogP contribution < -0.4 is 10.1 Å². The summed E-state index contributed by atoms with van der Waals surface area (Å²) in [6.45, 7) is 4.15. The van der Waals surface area contributed by atoms with Gasteiger partial charge in [0.25, 0.3) is 5.91 Å². The van der Waals surface area contributed by atoms with Gasteiger partial charge in [-0.3, -0.25) is 9.59 Å². The smallest absolute Gasteiger partial charge is 0.306 e. The lowest BCUT2D eigenvalue weighted by molar-refractivity contribution is -0.147. The van der Waals surface area contributed by atoms with Gasteiger partial charge >= 0.3 is 5.97 Å². The maximum atomic E-state index is 11.9. The molecule has 1 amide bonds. The summed E-state index contributed by atoms with van der Waals surface area (Å²) < 4.78 is 10.4. The van der Waals surface area contributed by atoms with Crippen molar-refractivity contribution in [3.8, 4) is 5.75 Å². The van der Waals surface area contributed by atoms with Crippen molar-refractivity contribution in [2.45, 2.75) is 26.2 Å². The SMILES string of the molecule is CCOc1ccc(NC(=O)COC(=O)C[C@@H](C)c2ccccc2)cc1. The zero-order valence-electron chi connectivity index (χ0n) is 14.5. The summed E-state index contributed by atoms with van der Waals surface area (Å²) in [6, 6.07) is 16.7. The van der Waals surface area contributed by atoms with Gasteiger partial charge in [-0.2, -0.15) is 0 Å². The molecule has 0 radical (unpaired) electrons. The van der Waals surface area contributed by atoms with Crippen molar-refractivity contribution >= 4 is 17.6 Å². The van der Waals surface area contributed by atoms with E-state index in [2.05, 4.69) is 5.32 Å². The molecule has 2 aromatic rings. The Kier molecular flexibility index (Phi) is 7.01. The summed E-state index contributed by atoms with van der Waals surface area (Å²) in [4.78, 5) is 23.7. The minimum Gasteiger partial charge on any atom is -0.494 e. The molecule has 5 nitrogen and oxygen atoms in total. The number of carbonyl (C=O) groups is 2. The number of hydrogen-bond donors (Lipinski definition) is 1. The topological polar surface area (TPSA) is 64.6 Å². The molecule has 0 aliphatic rings. The fraction of sp³-hybridized carbons (Fsp3) is 0.300. The van der Waals surface area contributed by atoms with Crippen molar-refractivity contribution in [2.75, 3.05) is 18.5 Å². The number of esters is 1. The molecule has 1 atom stereocenters. The van der Waals surface area contributed by atoms with Crippen LogP contribution in [0.2, 0.25) is 0 Å². The van der Waals surface area contributed by atoms with Crippen molar-refractivity contribution in [3.63, 3.8) is 0 Å². The summed E-state index contributed by atoms with van der Waals surface area (Å²) in [6.07, 6.45) is 0.236. The fourth-order valence-electron chi connectivity index (χ4n) is 2.35. The van der Waals surface area contributed by atoms with Crippen LogP contribution >= 0.6 is 0 Å². The van der Waals surface area contributed by atoms with Gasteiger partial charge in [-0.1, -0.05) is 37.3 Å². The summed E-state index contributed by atoms with van der Waals surface area (Å²) in [7, 11) is 0. The van der Waals surface area contributed by atoms with Crippen molar-refractivity contribution in [2.24, 2.45) is 0 Å². The Morgan fingerprint density at radius 1 is 1.04 bits per heavy atom. The number of anilines is 1. The van der Waals surface area contributed by atoms with Gasteiger partial charge in [0, 0.05) is 5.69 Å². The lowest BCUT2D eigenvalue weighted by Crippen LogP contribution is -2.21. The zero-order valence-corrected chi connectivity index (χ0v) is 14.5. The van der Waals surface area contributed by atoms with Gasteiger partial charge in [-0.05, 0) is 42.7 Å². The molecule has 0 heterocycles. The molecule has 0 fully saturated rings. The van der Waals surface area contributed by atoms with Crippen LogP contribution in [0.4, 0.5) is 5.69 Å². The standard InChI is InChI=1S/C20H23NO4/c1-3-24-18-11-9-17(10-12-18)21-19(22)14-25-20(23)13-15(2)16-7-5-4-6-8-16/h4-12,15H,3,13-14H2,1-2H3,(H,21,22)/t15-/m1/s1. The van der Waals surface area contributed by atoms with Crippen LogP contribution in [0, 0.1) is 0 Å². The van der Waals surface area contributed by atoms with E-state index in [1.807, 2.05) is 44.2 Å². The highest BCUT2D eigenvalue weighted by Gasteiger charge is 2.13. The highest BCUT2D eigenvalue weighted by atomic mass is 16.5. The van der Waals surface area contributed by atoms with Crippen molar-refractivity contribution in [1.29, 1.82) is 0 Å². The van der Waals surface area contributed by atoms with Gasteiger partial charge in [0.2, 0.25) is 0 Å². The van der Waals surface area contributed by atoms with Gasteiger partial charge in [-0.15, -0.1) is 0 Å². The predicted octanol–water partition coefficient (Wildman–Crippen LogP) is 3.76. The van der Waals surface area contributed by atoms with E-state index in [-0.39, 0.29) is 24.9 Å². The Bertz CT molecular complexity index is 683. The molecule has 2 aromatic carbocycles. The lowest BCUT2D eigenvalue weighted by atomic mass is 9.98. The van der Waals surface area contributed by atoms with E-state index in [1.165, 1.54) is 0 Å². The second kappa shape index (κ2) is 9.47. The molecule has 0 aliphatic carbocycles. The van der Waals surface area contributed by atoms with E-state index in [0.717, 1.165) is 11.3 Å². The third-order valence-electron chi connectivity index (χ3n) is 3.65. The second-order valence-corrected chi connectivity index (χ2v) is 5.68. The molecule has 0 aromatic heterocycles. The number of rotatable bonds is 8. The minimum absolute atomic E-state index is 0.0443. The van der Waals surface area contributed by atoms with Crippen LogP contribution in [0.25, 0.3) is 0 Å². The molecule has 0 saturated carbocycles. The van der Waals surface area contributed by atoms with Crippen LogP contribution in [0.3, 0.4) is 0 Å². The van der Waals surface area contributed by atoms with E-state index >= 15 is 0 Å². The van der Waals surface area contributed by atoms with Gasteiger partial charge in [0.1, 0.15) is 5.75 Å². The van der Waals surface area contributed by atoms with Gasteiger partial charge in [-0.25, -0.2) is 0 Å². The molecular weight excluding hydrogens is 318 g/mol. The Hall–Kier alpha value is -2.82. The third kappa shape index (κ3) is 6.30. The molecule has 0 bridgehead atoms. The van der Waals surface area contributed by atoms with Gasteiger partial charge < -0.3 is 14.8 Å². The van der Waals surface area contributed by atoms with Crippen LogP contribution in [0.15, 0.2) is 54.6 Å². The molecule has 25 heavy (non-hydrogen) atoms. The summed E-state index contributed by atoms with van der Waals surface area (Å²) in [5, 5.41) is 2.68. The molecule has 0 spiro atoms. The number of carbonyl (C=O) groups excluding carboxylic acids is 2. The first-order chi connectivity index (χ1) is 12.1. The molecule has 5 heteroatoms. The lowest BCUT2D eigenvalue weighted by Gasteiger charge is -2.11. The van der Waals surface area contributed by atoms with Gasteiger partial charge in [0.05, 0.1) is 13.0 Å². The monoisotopic (exact) mass is 341 g/mol. The normalized spacial score (nSPS) is 11.4. The van der Waals surface area contributed by atoms with E-state index < -0.39 is 5.97 Å². The molecule has 0 unspecified atom stereocenters. The number of ether oxygens (including phenoxy) is 2. The molecule has 1 N–H and O–H groups in total. The first-order valence-electron chi connectivity index (χ1n) is 8.31. The van der Waals surface area contributed by atoms with E-state index in [9.17, 15) is 9.59 Å². The predicted molar refractivity (Wildman–Crippen MR) is 96.7 cm³/mol. The number of hydrogen-bond acceptors (Lipinski definition) is 4. The maximum absolute atomic E-state index is 11.9. The Morgan fingerprint density at radius 2 is 1.72 bits per heavy atom. The number of amides is 1. The van der Waals surface area contributed by atoms with Crippen molar-refractivity contribution in [3.05, 3.63) is 60.2 Å². The van der Waals surface area contributed by atoms with Crippen LogP contribution in [0.1, 0.15) is 31.7 Å². The van der Waals surface area contributed by atoms with E-state index in [0.29, 0.717) is 12.3 Å². The molecule has 132 valence electrons. The van der Waals surface area contributed by atoms with E-state index in [1.54, 1.807) is 24.3 Å². The first-order valence-corrected chi connectivity index (χ1v) is 8.31. The summed E-state index contributed by atoms with van der Waals surface area (Å²) in [5.74, 6) is 0.0211. The minimum atomic E-state index is -0.391. The third-order valence-corrected chi connectivity index (χ3v) is 3.65. The van der Waals surface area contributed by atoms with Crippen LogP contribution in [-0.2, 0) is 14.3 Å². The molecule has 0 saturated heterocycles. The zero-order chi connectivity index (χ0) is 18.1. The average Bonchev–Trinajstić information content (AvgIpc) is 2.62. The molecule has 2 rings (SSSR count). The number of nitrogens with one attached hydrogen (secondary N) is 1. The van der Waals surface area contributed by atoms with Gasteiger partial charge in [0.15, 0.2) is 6.61 Å². The quantitative estimate of drug-likeness (QED) is 0.743. The van der Waals surface area contributed by atoms with Crippen molar-refractivity contribution < 1.29 is 19.1 Å². The largest absolute Gasteiger partial charge is 0.494 e. The average molecular weight is 341 g/mol. The summed E-state index contributed by atoms with van der Waals surface area (Å²) in [5.41, 5.74) is 1.69. The first kappa shape index (κ1) is 18.5. The summed E-state index contributed by atoms with van der Waals surface area (Å²) >= 11 is 0. The Morgan fingerprint density at radius 3 is 2.36 bits per heavy atom. The Balaban J connectivity index is 1.74. The van der Waals surface area contributed by atoms with Crippen LogP contribution in [0.5, 0.6) is 5.75 Å². The highest BCUT2D eigenvalue weighted by molar-refractivity contribution is 5.92. The second-order valence-electron chi connectivity index (χ2n) is 5.68. The van der Waals surface area contributed by atoms with E-state index in [4.69, 9.17) is 9.47 Å². The molecular formula is C20H23NO4. The number of benzene rings is 2. The van der Waals surface area contributed by atoms with Crippen molar-refractivity contribution in [1.82, 2.24) is 0 Å². The Labute approximate surface area is 148 Å². The van der Waals surface area contributed by atoms with Crippen LogP contribution in [-0.4, -0.2) is 25.1 Å². The molecule has 0 aliphatic heterocycles. The fourth-order valence-corrected chi connectivity index (χ4v) is 2.35.